The van der Waals surface area contributed by atoms with Crippen LogP contribution in [-0.2, 0) is 0 Å². The van der Waals surface area contributed by atoms with Gasteiger partial charge in [0, 0.05) is 91.9 Å². The van der Waals surface area contributed by atoms with Crippen LogP contribution in [0.25, 0.3) is 43.9 Å². The van der Waals surface area contributed by atoms with Gasteiger partial charge in [-0.1, -0.05) is 140 Å². The van der Waals surface area contributed by atoms with Crippen LogP contribution in [0.15, 0.2) is 252 Å². The van der Waals surface area contributed by atoms with Crippen LogP contribution in [0.1, 0.15) is 73.6 Å². The average molecular weight is 1350 g/mol. The molecule has 0 saturated heterocycles. The summed E-state index contributed by atoms with van der Waals surface area (Å²) in [5.41, 5.74) is 29.5. The van der Waals surface area contributed by atoms with Gasteiger partial charge in [-0.15, -0.1) is 0 Å². The minimum absolute atomic E-state index is 0.231. The Balaban J connectivity index is 0.000000110. The van der Waals surface area contributed by atoms with Crippen LogP contribution in [0.5, 0.6) is 0 Å². The maximum atomic E-state index is 6.32. The maximum absolute atomic E-state index is 6.32. The molecular weight excluding hydrogens is 1250 g/mol. The van der Waals surface area contributed by atoms with Crippen molar-refractivity contribution in [2.45, 2.75) is 114 Å². The molecule has 0 N–H and O–H groups in total. The van der Waals surface area contributed by atoms with E-state index in [9.17, 15) is 0 Å². The standard InChI is InChI=1S/2C22H20N2O.C18H22N2.C16H18N2.C12H16N2/c1-14-12-22-17(16-8-4-7-11-21(16)25-22)13-20(14)24-15(2)23(3)18-9-5-6-10-19(18)24;1-14-12-13-17-16-8-4-7-11-20(16)25-22(17)21(14)24-15(2)23(3)18-9-5-6-10-19(18)24;1-12-8-6-7-9-16(12)20-15(4)19(5)17-10-13(2)14(3)11-18(17)20;1-12-8-4-5-9-14(12)18-13(2)17(3)15-10-6-7-11-16(15)18;1-10-6-4-5-7-12(10)14-9-8-13(3)11(14)2/h2*4-13,15H,1-3H3;6-11,15H,1-5H3;4-11,13H,1-3H3;4-9,11H,1-3H3/t3*15-;13-;11-/m00000/s1. The van der Waals surface area contributed by atoms with Gasteiger partial charge in [-0.3, -0.25) is 0 Å². The fourth-order valence-electron chi connectivity index (χ4n) is 15.5. The lowest BCUT2D eigenvalue weighted by molar-refractivity contribution is 0.383. The molecule has 13 aromatic rings. The summed E-state index contributed by atoms with van der Waals surface area (Å²) in [6.45, 7) is 26.4. The summed E-state index contributed by atoms with van der Waals surface area (Å²) in [7, 11) is 10.7. The first-order valence-corrected chi connectivity index (χ1v) is 35.9. The molecule has 518 valence electrons. The molecule has 0 radical (unpaired) electrons. The zero-order chi connectivity index (χ0) is 71.5. The average Bonchev–Trinajstić information content (AvgIpc) is 1.59. The smallest absolute Gasteiger partial charge is 0.159 e. The number of hydrogen-bond donors (Lipinski definition) is 0. The molecular formula is C90H96N10O2. The summed E-state index contributed by atoms with van der Waals surface area (Å²) in [6.07, 6.45) is 5.85. The fourth-order valence-corrected chi connectivity index (χ4v) is 15.5. The van der Waals surface area contributed by atoms with Gasteiger partial charge in [-0.2, -0.15) is 0 Å². The quantitative estimate of drug-likeness (QED) is 0.165. The molecule has 7 heterocycles. The number of furan rings is 2. The van der Waals surface area contributed by atoms with Crippen LogP contribution in [0.2, 0.25) is 0 Å². The number of para-hydroxylation sites is 11. The van der Waals surface area contributed by atoms with E-state index in [-0.39, 0.29) is 12.3 Å². The van der Waals surface area contributed by atoms with E-state index in [1.54, 1.807) is 0 Å². The second-order valence-corrected chi connectivity index (χ2v) is 28.1. The van der Waals surface area contributed by atoms with Crippen molar-refractivity contribution in [3.63, 3.8) is 0 Å². The van der Waals surface area contributed by atoms with Gasteiger partial charge in [0.1, 0.15) is 47.6 Å². The van der Waals surface area contributed by atoms with Crippen molar-refractivity contribution < 1.29 is 8.83 Å². The third kappa shape index (κ3) is 12.0. The molecule has 5 atom stereocenters. The summed E-state index contributed by atoms with van der Waals surface area (Å²) < 4.78 is 12.4. The van der Waals surface area contributed by atoms with Crippen LogP contribution in [0, 0.1) is 48.5 Å². The Kier molecular flexibility index (Phi) is 18.4. The molecule has 0 aliphatic carbocycles. The second-order valence-electron chi connectivity index (χ2n) is 28.1. The lowest BCUT2D eigenvalue weighted by Crippen LogP contribution is -2.36. The lowest BCUT2D eigenvalue weighted by Gasteiger charge is -2.29. The van der Waals surface area contributed by atoms with Crippen molar-refractivity contribution in [1.82, 2.24) is 4.90 Å². The van der Waals surface area contributed by atoms with Crippen LogP contribution in [0.3, 0.4) is 0 Å². The zero-order valence-electron chi connectivity index (χ0n) is 62.3. The minimum Gasteiger partial charge on any atom is -0.456 e. The van der Waals surface area contributed by atoms with E-state index in [1.807, 2.05) is 24.3 Å². The van der Waals surface area contributed by atoms with Gasteiger partial charge in [0.2, 0.25) is 0 Å². The van der Waals surface area contributed by atoms with Crippen molar-refractivity contribution in [3.05, 3.63) is 282 Å². The molecule has 12 heteroatoms. The number of benzene rings is 11. The third-order valence-electron chi connectivity index (χ3n) is 22.0. The highest BCUT2D eigenvalue weighted by Gasteiger charge is 2.37. The highest BCUT2D eigenvalue weighted by atomic mass is 16.3. The largest absolute Gasteiger partial charge is 0.456 e. The van der Waals surface area contributed by atoms with Crippen molar-refractivity contribution in [3.8, 4) is 0 Å². The Labute approximate surface area is 603 Å². The monoisotopic (exact) mass is 1350 g/mol. The summed E-state index contributed by atoms with van der Waals surface area (Å²) in [5, 5.41) is 4.70. The predicted molar refractivity (Wildman–Crippen MR) is 435 cm³/mol. The Hall–Kier alpha value is -11.2. The van der Waals surface area contributed by atoms with Crippen LogP contribution >= 0.6 is 0 Å². The van der Waals surface area contributed by atoms with E-state index >= 15 is 0 Å². The Morgan fingerprint density at radius 1 is 0.245 bits per heavy atom. The molecule has 0 amide bonds. The van der Waals surface area contributed by atoms with Crippen LogP contribution in [0.4, 0.5) is 73.9 Å². The molecule has 5 aliphatic heterocycles. The van der Waals surface area contributed by atoms with Crippen molar-refractivity contribution in [2.24, 2.45) is 0 Å². The molecule has 12 nitrogen and oxygen atoms in total. The van der Waals surface area contributed by atoms with E-state index in [0.29, 0.717) is 18.5 Å². The molecule has 11 aromatic carbocycles. The van der Waals surface area contributed by atoms with Crippen molar-refractivity contribution >= 4 is 118 Å². The van der Waals surface area contributed by atoms with Crippen molar-refractivity contribution in [2.75, 3.05) is 79.3 Å². The fraction of sp³-hybridized carbons (Fsp3) is 0.244. The maximum Gasteiger partial charge on any atom is 0.159 e. The van der Waals surface area contributed by atoms with E-state index in [1.165, 1.54) is 129 Å². The number of nitrogens with zero attached hydrogens (tertiary/aromatic N) is 10. The second kappa shape index (κ2) is 27.7. The lowest BCUT2D eigenvalue weighted by atomic mass is 10.1. The van der Waals surface area contributed by atoms with Crippen LogP contribution in [-0.4, -0.2) is 71.0 Å². The van der Waals surface area contributed by atoms with Gasteiger partial charge in [0.15, 0.2) is 5.58 Å². The molecule has 0 fully saturated rings. The number of aryl methyl sites for hydroxylation is 7. The molecule has 2 aromatic heterocycles. The van der Waals surface area contributed by atoms with E-state index in [0.717, 1.165) is 28.0 Å². The zero-order valence-corrected chi connectivity index (χ0v) is 62.3. The first-order chi connectivity index (χ1) is 49.2. The summed E-state index contributed by atoms with van der Waals surface area (Å²) in [4.78, 5) is 23.5. The molecule has 0 unspecified atom stereocenters. The molecule has 5 aliphatic rings. The molecule has 0 bridgehead atoms. The number of hydrogen-bond acceptors (Lipinski definition) is 12. The summed E-state index contributed by atoms with van der Waals surface area (Å²) >= 11 is 0. The van der Waals surface area contributed by atoms with Gasteiger partial charge in [0.05, 0.1) is 51.2 Å². The third-order valence-corrected chi connectivity index (χ3v) is 22.0. The van der Waals surface area contributed by atoms with Gasteiger partial charge >= 0.3 is 0 Å². The van der Waals surface area contributed by atoms with Gasteiger partial charge < -0.3 is 57.8 Å². The predicted octanol–water partition coefficient (Wildman–Crippen LogP) is 22.7. The Morgan fingerprint density at radius 2 is 0.627 bits per heavy atom. The molecule has 0 saturated carbocycles. The number of fused-ring (bicyclic) bond motifs is 10. The normalized spacial score (nSPS) is 17.7. The Bertz CT molecular complexity index is 5270. The van der Waals surface area contributed by atoms with Gasteiger partial charge in [-0.25, -0.2) is 0 Å². The first kappa shape index (κ1) is 67.9. The molecule has 18 rings (SSSR count). The van der Waals surface area contributed by atoms with Gasteiger partial charge in [-0.05, 0) is 213 Å². The first-order valence-electron chi connectivity index (χ1n) is 35.9. The van der Waals surface area contributed by atoms with Gasteiger partial charge in [0.25, 0.3) is 0 Å². The number of anilines is 13. The SMILES string of the molecule is Cc1cc2c(cc1C)N(c1ccccc1C)[C@@H](C)N2C.Cc1cc2oc3ccccc3c2cc1N1c2ccccc2N(C)[C@@H]1C.Cc1ccc2c(oc3ccccc32)c1N1c2ccccc2N(C)[C@@H]1C.Cc1ccccc1N1C=CN(C)[C@@H]1C.Cc1ccccc1N1c2ccccc2N(C)[C@@H]1C. The highest BCUT2D eigenvalue weighted by Crippen LogP contribution is 2.51. The summed E-state index contributed by atoms with van der Waals surface area (Å²) in [6, 6.07) is 81.4. The minimum atomic E-state index is 0.231. The topological polar surface area (TPSA) is 58.7 Å². The highest BCUT2D eigenvalue weighted by molar-refractivity contribution is 6.11. The van der Waals surface area contributed by atoms with E-state index in [4.69, 9.17) is 8.83 Å². The summed E-state index contributed by atoms with van der Waals surface area (Å²) in [5.74, 6) is 0. The Morgan fingerprint density at radius 3 is 1.12 bits per heavy atom. The van der Waals surface area contributed by atoms with E-state index in [2.05, 4.69) is 386 Å². The molecule has 0 spiro atoms. The molecule has 102 heavy (non-hydrogen) atoms. The van der Waals surface area contributed by atoms with Crippen molar-refractivity contribution in [1.29, 1.82) is 0 Å². The van der Waals surface area contributed by atoms with E-state index < -0.39 is 0 Å². The van der Waals surface area contributed by atoms with Crippen LogP contribution < -0.4 is 44.1 Å². The number of rotatable bonds is 5.